The monoisotopic (exact) mass is 320 g/mol. The first kappa shape index (κ1) is 15.8. The number of rotatable bonds is 5. The number of pyridine rings is 1. The van der Waals surface area contributed by atoms with E-state index in [1.54, 1.807) is 6.20 Å². The summed E-state index contributed by atoms with van der Waals surface area (Å²) < 4.78 is 0. The van der Waals surface area contributed by atoms with Crippen LogP contribution in [0.3, 0.4) is 0 Å². The smallest absolute Gasteiger partial charge is 0.0871 e. The molecule has 1 aromatic heterocycles. The van der Waals surface area contributed by atoms with Gasteiger partial charge in [-0.25, -0.2) is 0 Å². The molecule has 120 valence electrons. The van der Waals surface area contributed by atoms with Crippen molar-refractivity contribution in [2.75, 3.05) is 17.2 Å². The van der Waals surface area contributed by atoms with E-state index in [-0.39, 0.29) is 11.8 Å². The largest absolute Gasteiger partial charge is 0.398 e. The zero-order valence-corrected chi connectivity index (χ0v) is 13.7. The molecule has 4 N–H and O–H groups in total. The van der Waals surface area contributed by atoms with Crippen molar-refractivity contribution in [1.29, 1.82) is 0 Å². The number of anilines is 1. The summed E-state index contributed by atoms with van der Waals surface area (Å²) in [5.41, 5.74) is 9.82. The van der Waals surface area contributed by atoms with Crippen LogP contribution in [-0.2, 0) is 6.42 Å². The summed E-state index contributed by atoms with van der Waals surface area (Å²) in [5, 5.41) is 20.8. The van der Waals surface area contributed by atoms with Crippen molar-refractivity contribution in [3.05, 3.63) is 29.6 Å². The molecule has 1 heterocycles. The number of hydrogen-bond donors (Lipinski definition) is 3. The molecule has 0 aliphatic heterocycles. The Labute approximate surface area is 135 Å². The van der Waals surface area contributed by atoms with Crippen LogP contribution in [0.25, 0.3) is 5.57 Å². The summed E-state index contributed by atoms with van der Waals surface area (Å²) >= 11 is 1.86. The van der Waals surface area contributed by atoms with Gasteiger partial charge in [-0.05, 0) is 48.3 Å². The highest BCUT2D eigenvalue weighted by Crippen LogP contribution is 2.44. The van der Waals surface area contributed by atoms with E-state index < -0.39 is 12.2 Å². The summed E-state index contributed by atoms with van der Waals surface area (Å²) in [6.45, 7) is 2.16. The van der Waals surface area contributed by atoms with Gasteiger partial charge in [-0.3, -0.25) is 4.98 Å². The second-order valence-electron chi connectivity index (χ2n) is 6.25. The molecule has 3 rings (SSSR count). The average molecular weight is 320 g/mol. The number of aliphatic hydroxyl groups excluding tert-OH is 2. The number of allylic oxidation sites excluding steroid dienone is 1. The number of fused-ring (bicyclic) bond motifs is 1. The number of thioether (sulfide) groups is 1. The van der Waals surface area contributed by atoms with E-state index in [1.165, 1.54) is 0 Å². The number of nitrogens with two attached hydrogens (primary N) is 1. The fraction of sp³-hybridized carbons (Fsp3) is 0.588. The van der Waals surface area contributed by atoms with Gasteiger partial charge in [0.15, 0.2) is 0 Å². The van der Waals surface area contributed by atoms with Crippen molar-refractivity contribution in [2.24, 2.45) is 11.8 Å². The summed E-state index contributed by atoms with van der Waals surface area (Å²) in [6, 6.07) is 1.82. The predicted octanol–water partition coefficient (Wildman–Crippen LogP) is 2.10. The Hall–Kier alpha value is -1.04. The maximum Gasteiger partial charge on any atom is 0.0871 e. The van der Waals surface area contributed by atoms with Gasteiger partial charge in [-0.15, -0.1) is 0 Å². The minimum Gasteiger partial charge on any atom is -0.398 e. The zero-order chi connectivity index (χ0) is 15.7. The van der Waals surface area contributed by atoms with Crippen LogP contribution < -0.4 is 5.73 Å². The van der Waals surface area contributed by atoms with Gasteiger partial charge < -0.3 is 15.9 Å². The molecule has 2 aliphatic carbocycles. The fourth-order valence-electron chi connectivity index (χ4n) is 3.58. The molecule has 1 saturated carbocycles. The van der Waals surface area contributed by atoms with E-state index >= 15 is 0 Å². The van der Waals surface area contributed by atoms with Gasteiger partial charge in [0.25, 0.3) is 0 Å². The van der Waals surface area contributed by atoms with E-state index in [4.69, 9.17) is 5.73 Å². The predicted molar refractivity (Wildman–Crippen MR) is 91.6 cm³/mol. The lowest BCUT2D eigenvalue weighted by atomic mass is 9.93. The van der Waals surface area contributed by atoms with Gasteiger partial charge in [-0.1, -0.05) is 13.0 Å². The molecule has 4 atom stereocenters. The number of nitrogens with zero attached hydrogens (tertiary/aromatic N) is 1. The third kappa shape index (κ3) is 2.77. The molecule has 4 nitrogen and oxygen atoms in total. The lowest BCUT2D eigenvalue weighted by Crippen LogP contribution is -2.29. The first-order chi connectivity index (χ1) is 10.6. The zero-order valence-electron chi connectivity index (χ0n) is 12.9. The van der Waals surface area contributed by atoms with Gasteiger partial charge in [0.2, 0.25) is 0 Å². The average Bonchev–Trinajstić information content (AvgIpc) is 3.05. The lowest BCUT2D eigenvalue weighted by molar-refractivity contribution is 0.0160. The molecule has 1 aromatic rings. The minimum absolute atomic E-state index is 0.0298. The fourth-order valence-corrected chi connectivity index (χ4v) is 4.68. The van der Waals surface area contributed by atoms with Gasteiger partial charge >= 0.3 is 0 Å². The SMILES string of the molecule is CCCSC[C@H]1C[C@@H](C2=CCc3c(N)ccnc32)[C@@H](O)C1O. The second kappa shape index (κ2) is 6.60. The molecular formula is C17H24N2O2S. The maximum absolute atomic E-state index is 10.5. The van der Waals surface area contributed by atoms with Crippen molar-refractivity contribution in [2.45, 2.75) is 38.4 Å². The number of aromatic nitrogens is 1. The number of aliphatic hydroxyl groups is 2. The molecule has 0 saturated heterocycles. The van der Waals surface area contributed by atoms with Gasteiger partial charge in [0.05, 0.1) is 17.9 Å². The van der Waals surface area contributed by atoms with Crippen molar-refractivity contribution >= 4 is 23.0 Å². The molecule has 1 fully saturated rings. The van der Waals surface area contributed by atoms with E-state index in [9.17, 15) is 10.2 Å². The molecule has 5 heteroatoms. The van der Waals surface area contributed by atoms with E-state index in [2.05, 4.69) is 18.0 Å². The highest BCUT2D eigenvalue weighted by Gasteiger charge is 2.44. The first-order valence-corrected chi connectivity index (χ1v) is 9.16. The maximum atomic E-state index is 10.5. The van der Waals surface area contributed by atoms with Crippen LogP contribution in [0.1, 0.15) is 31.0 Å². The second-order valence-corrected chi connectivity index (χ2v) is 7.40. The van der Waals surface area contributed by atoms with Crippen LogP contribution in [0, 0.1) is 11.8 Å². The van der Waals surface area contributed by atoms with Gasteiger partial charge in [0.1, 0.15) is 0 Å². The standard InChI is InChI=1S/C17H24N2O2S/c1-2-7-22-9-10-8-13(17(21)16(10)20)11-3-4-12-14(18)5-6-19-15(11)12/h3,5-6,10,13,16-17,20-21H,2,4,7-9H2,1H3,(H2,18,19)/t10-,13+,16?,17-/m1/s1. The number of hydrogen-bond acceptors (Lipinski definition) is 5. The van der Waals surface area contributed by atoms with Crippen LogP contribution in [0.2, 0.25) is 0 Å². The van der Waals surface area contributed by atoms with Crippen molar-refractivity contribution in [1.82, 2.24) is 4.98 Å². The Bertz CT molecular complexity index is 576. The van der Waals surface area contributed by atoms with E-state index in [1.807, 2.05) is 17.8 Å². The molecule has 22 heavy (non-hydrogen) atoms. The molecule has 0 bridgehead atoms. The molecule has 0 radical (unpaired) electrons. The van der Waals surface area contributed by atoms with Crippen molar-refractivity contribution in [3.63, 3.8) is 0 Å². The molecule has 0 amide bonds. The summed E-state index contributed by atoms with van der Waals surface area (Å²) in [4.78, 5) is 4.46. The van der Waals surface area contributed by atoms with Crippen LogP contribution in [0.4, 0.5) is 5.69 Å². The highest BCUT2D eigenvalue weighted by atomic mass is 32.2. The van der Waals surface area contributed by atoms with Crippen LogP contribution >= 0.6 is 11.8 Å². The lowest BCUT2D eigenvalue weighted by Gasteiger charge is -2.18. The topological polar surface area (TPSA) is 79.4 Å². The quantitative estimate of drug-likeness (QED) is 0.724. The Morgan fingerprint density at radius 1 is 1.36 bits per heavy atom. The third-order valence-corrected chi connectivity index (χ3v) is 6.13. The molecular weight excluding hydrogens is 296 g/mol. The summed E-state index contributed by atoms with van der Waals surface area (Å²) in [5.74, 6) is 2.14. The van der Waals surface area contributed by atoms with Crippen LogP contribution in [0.15, 0.2) is 18.3 Å². The van der Waals surface area contributed by atoms with Gasteiger partial charge in [-0.2, -0.15) is 11.8 Å². The molecule has 1 unspecified atom stereocenters. The number of nitrogen functional groups attached to an aromatic ring is 1. The normalized spacial score (nSPS) is 30.4. The molecule has 0 spiro atoms. The summed E-state index contributed by atoms with van der Waals surface area (Å²) in [6.07, 6.45) is 5.24. The van der Waals surface area contributed by atoms with Gasteiger partial charge in [0, 0.05) is 23.4 Å². The first-order valence-electron chi connectivity index (χ1n) is 8.01. The van der Waals surface area contributed by atoms with Crippen LogP contribution in [-0.4, -0.2) is 38.9 Å². The summed E-state index contributed by atoms with van der Waals surface area (Å²) in [7, 11) is 0. The Kier molecular flexibility index (Phi) is 4.76. The Morgan fingerprint density at radius 2 is 2.18 bits per heavy atom. The minimum atomic E-state index is -0.701. The van der Waals surface area contributed by atoms with E-state index in [0.717, 1.165) is 53.3 Å². The van der Waals surface area contributed by atoms with Crippen LogP contribution in [0.5, 0.6) is 0 Å². The van der Waals surface area contributed by atoms with E-state index in [0.29, 0.717) is 0 Å². The Balaban J connectivity index is 1.76. The third-order valence-electron chi connectivity index (χ3n) is 4.77. The molecule has 0 aromatic carbocycles. The van der Waals surface area contributed by atoms with Crippen molar-refractivity contribution < 1.29 is 10.2 Å². The van der Waals surface area contributed by atoms with Crippen molar-refractivity contribution in [3.8, 4) is 0 Å². The highest BCUT2D eigenvalue weighted by molar-refractivity contribution is 7.99. The molecule has 2 aliphatic rings. The Morgan fingerprint density at radius 3 is 2.95 bits per heavy atom.